The Balaban J connectivity index is 0.000000336. The van der Waals surface area contributed by atoms with Gasteiger partial charge in [-0.3, -0.25) is 0 Å². The summed E-state index contributed by atoms with van der Waals surface area (Å²) in [5.41, 5.74) is 0. The first-order valence-electron chi connectivity index (χ1n) is 4.23. The van der Waals surface area contributed by atoms with Crippen LogP contribution in [0.3, 0.4) is 0 Å². The van der Waals surface area contributed by atoms with Crippen molar-refractivity contribution < 1.29 is 13.9 Å². The van der Waals surface area contributed by atoms with Crippen molar-refractivity contribution in [2.45, 2.75) is 20.1 Å². The van der Waals surface area contributed by atoms with E-state index in [4.69, 9.17) is 13.9 Å². The Morgan fingerprint density at radius 2 is 1.92 bits per heavy atom. The third-order valence-corrected chi connectivity index (χ3v) is 1.40. The summed E-state index contributed by atoms with van der Waals surface area (Å²) in [6, 6.07) is 3.66. The lowest BCUT2D eigenvalue weighted by atomic mass is 10.4. The molecular weight excluding hydrogens is 156 g/mol. The van der Waals surface area contributed by atoms with Crippen LogP contribution in [0, 0.1) is 0 Å². The molecule has 2 heterocycles. The van der Waals surface area contributed by atoms with Crippen LogP contribution in [0.4, 0.5) is 0 Å². The average Bonchev–Trinajstić information content (AvgIpc) is 2.80. The van der Waals surface area contributed by atoms with Crippen molar-refractivity contribution in [1.82, 2.24) is 0 Å². The number of hydrogen-bond acceptors (Lipinski definition) is 3. The molecule has 1 aliphatic heterocycles. The Bertz CT molecular complexity index is 188. The molecule has 0 N–H and O–H groups in total. The highest BCUT2D eigenvalue weighted by Gasteiger charge is 2.19. The van der Waals surface area contributed by atoms with Crippen molar-refractivity contribution in [3.8, 4) is 0 Å². The molecule has 1 fully saturated rings. The summed E-state index contributed by atoms with van der Waals surface area (Å²) in [7, 11) is 0. The van der Waals surface area contributed by atoms with Crippen LogP contribution in [0.25, 0.3) is 0 Å². The zero-order chi connectivity index (χ0) is 8.81. The number of hydrogen-bond donors (Lipinski definition) is 0. The van der Waals surface area contributed by atoms with Crippen LogP contribution < -0.4 is 0 Å². The average molecular weight is 170 g/mol. The van der Waals surface area contributed by atoms with Gasteiger partial charge < -0.3 is 13.9 Å². The van der Waals surface area contributed by atoms with Gasteiger partial charge in [-0.2, -0.15) is 0 Å². The minimum Gasteiger partial charge on any atom is -0.464 e. The van der Waals surface area contributed by atoms with Crippen molar-refractivity contribution in [2.75, 3.05) is 13.2 Å². The Hall–Kier alpha value is -0.800. The lowest BCUT2D eigenvalue weighted by molar-refractivity contribution is -0.0588. The number of furan rings is 1. The maximum absolute atomic E-state index is 5.18. The van der Waals surface area contributed by atoms with E-state index in [1.165, 1.54) is 0 Å². The lowest BCUT2D eigenvalue weighted by Gasteiger charge is -2.02. The fourth-order valence-electron chi connectivity index (χ4n) is 0.948. The fourth-order valence-corrected chi connectivity index (χ4v) is 0.948. The van der Waals surface area contributed by atoms with Gasteiger partial charge in [0, 0.05) is 0 Å². The molecule has 12 heavy (non-hydrogen) atoms. The van der Waals surface area contributed by atoms with Gasteiger partial charge in [-0.05, 0) is 12.1 Å². The summed E-state index contributed by atoms with van der Waals surface area (Å²) in [5, 5.41) is 0. The van der Waals surface area contributed by atoms with Gasteiger partial charge in [0.25, 0.3) is 0 Å². The first-order valence-corrected chi connectivity index (χ1v) is 4.23. The van der Waals surface area contributed by atoms with E-state index in [1.54, 1.807) is 6.26 Å². The molecule has 0 unspecified atom stereocenters. The van der Waals surface area contributed by atoms with Gasteiger partial charge >= 0.3 is 0 Å². The van der Waals surface area contributed by atoms with Crippen LogP contribution >= 0.6 is 0 Å². The second-order valence-corrected chi connectivity index (χ2v) is 2.09. The summed E-state index contributed by atoms with van der Waals surface area (Å²) in [4.78, 5) is 0. The van der Waals surface area contributed by atoms with E-state index in [9.17, 15) is 0 Å². The van der Waals surface area contributed by atoms with Gasteiger partial charge in [-0.15, -0.1) is 0 Å². The summed E-state index contributed by atoms with van der Waals surface area (Å²) in [6.07, 6.45) is 1.34. The molecule has 1 saturated heterocycles. The molecule has 0 atom stereocenters. The Labute approximate surface area is 72.3 Å². The van der Waals surface area contributed by atoms with E-state index in [0.717, 1.165) is 5.76 Å². The Morgan fingerprint density at radius 1 is 1.25 bits per heavy atom. The highest BCUT2D eigenvalue weighted by atomic mass is 16.7. The summed E-state index contributed by atoms with van der Waals surface area (Å²) >= 11 is 0. The molecule has 0 aromatic carbocycles. The minimum absolute atomic E-state index is 0.269. The Morgan fingerprint density at radius 3 is 2.42 bits per heavy atom. The largest absolute Gasteiger partial charge is 0.464 e. The molecule has 68 valence electrons. The van der Waals surface area contributed by atoms with E-state index in [1.807, 2.05) is 26.0 Å². The zero-order valence-electron chi connectivity index (χ0n) is 7.45. The van der Waals surface area contributed by atoms with Gasteiger partial charge in [0.1, 0.15) is 0 Å². The second-order valence-electron chi connectivity index (χ2n) is 2.09. The van der Waals surface area contributed by atoms with Crippen LogP contribution in [-0.2, 0) is 9.47 Å². The monoisotopic (exact) mass is 170 g/mol. The molecule has 0 spiro atoms. The SMILES string of the molecule is CC.c1coc(C2OCCO2)c1. The molecule has 0 bridgehead atoms. The summed E-state index contributed by atoms with van der Waals surface area (Å²) in [5.74, 6) is 0.748. The third kappa shape index (κ3) is 2.09. The molecule has 1 aliphatic rings. The fraction of sp³-hybridized carbons (Fsp3) is 0.556. The minimum atomic E-state index is -0.269. The van der Waals surface area contributed by atoms with E-state index in [0.29, 0.717) is 13.2 Å². The van der Waals surface area contributed by atoms with Crippen LogP contribution in [0.2, 0.25) is 0 Å². The van der Waals surface area contributed by atoms with Gasteiger partial charge in [0.15, 0.2) is 5.76 Å². The molecule has 2 rings (SSSR count). The number of rotatable bonds is 1. The van der Waals surface area contributed by atoms with Gasteiger partial charge in [0.05, 0.1) is 19.5 Å². The molecule has 0 aliphatic carbocycles. The predicted octanol–water partition coefficient (Wildman–Crippen LogP) is 2.35. The van der Waals surface area contributed by atoms with Gasteiger partial charge in [0.2, 0.25) is 6.29 Å². The smallest absolute Gasteiger partial charge is 0.217 e. The zero-order valence-corrected chi connectivity index (χ0v) is 7.45. The molecule has 3 nitrogen and oxygen atoms in total. The van der Waals surface area contributed by atoms with Crippen molar-refractivity contribution in [3.63, 3.8) is 0 Å². The maximum atomic E-state index is 5.18. The van der Waals surface area contributed by atoms with Crippen molar-refractivity contribution in [3.05, 3.63) is 24.2 Å². The quantitative estimate of drug-likeness (QED) is 0.648. The molecule has 0 radical (unpaired) electrons. The highest BCUT2D eigenvalue weighted by Crippen LogP contribution is 2.22. The van der Waals surface area contributed by atoms with Gasteiger partial charge in [-0.25, -0.2) is 0 Å². The molecule has 0 amide bonds. The van der Waals surface area contributed by atoms with Crippen LogP contribution in [-0.4, -0.2) is 13.2 Å². The summed E-state index contributed by atoms with van der Waals surface area (Å²) < 4.78 is 15.4. The standard InChI is InChI=1S/C7H8O3.C2H6/c1-2-6(8-3-1)7-9-4-5-10-7;1-2/h1-3,7H,4-5H2;1-2H3. The molecule has 0 saturated carbocycles. The van der Waals surface area contributed by atoms with E-state index >= 15 is 0 Å². The summed E-state index contributed by atoms with van der Waals surface area (Å²) in [6.45, 7) is 5.32. The predicted molar refractivity (Wildman–Crippen MR) is 44.7 cm³/mol. The van der Waals surface area contributed by atoms with Crippen molar-refractivity contribution >= 4 is 0 Å². The van der Waals surface area contributed by atoms with Crippen molar-refractivity contribution in [1.29, 1.82) is 0 Å². The topological polar surface area (TPSA) is 31.6 Å². The third-order valence-electron chi connectivity index (χ3n) is 1.40. The molecule has 1 aromatic heterocycles. The van der Waals surface area contributed by atoms with Crippen LogP contribution in [0.15, 0.2) is 22.8 Å². The normalized spacial score (nSPS) is 17.2. The highest BCUT2D eigenvalue weighted by molar-refractivity contribution is 5.00. The lowest BCUT2D eigenvalue weighted by Crippen LogP contribution is -1.94. The van der Waals surface area contributed by atoms with Crippen LogP contribution in [0.5, 0.6) is 0 Å². The molecule has 3 heteroatoms. The number of ether oxygens (including phenoxy) is 2. The van der Waals surface area contributed by atoms with E-state index in [-0.39, 0.29) is 6.29 Å². The first-order chi connectivity index (χ1) is 5.97. The van der Waals surface area contributed by atoms with Gasteiger partial charge in [-0.1, -0.05) is 13.8 Å². The van der Waals surface area contributed by atoms with E-state index in [2.05, 4.69) is 0 Å². The van der Waals surface area contributed by atoms with E-state index < -0.39 is 0 Å². The maximum Gasteiger partial charge on any atom is 0.217 e. The Kier molecular flexibility index (Phi) is 3.84. The first kappa shape index (κ1) is 9.29. The van der Waals surface area contributed by atoms with Crippen molar-refractivity contribution in [2.24, 2.45) is 0 Å². The second kappa shape index (κ2) is 4.95. The molecule has 1 aromatic rings. The molecular formula is C9H14O3. The van der Waals surface area contributed by atoms with Crippen LogP contribution in [0.1, 0.15) is 25.9 Å².